The Morgan fingerprint density at radius 3 is 1.82 bits per heavy atom. The van der Waals surface area contributed by atoms with Gasteiger partial charge in [0, 0.05) is 41.1 Å². The highest BCUT2D eigenvalue weighted by Crippen LogP contribution is 2.07. The van der Waals surface area contributed by atoms with Crippen LogP contribution in [0.25, 0.3) is 0 Å². The van der Waals surface area contributed by atoms with Crippen molar-refractivity contribution >= 4 is 15.9 Å². The van der Waals surface area contributed by atoms with Crippen molar-refractivity contribution in [1.29, 1.82) is 0 Å². The van der Waals surface area contributed by atoms with Crippen LogP contribution < -0.4 is 9.13 Å². The molecule has 3 rings (SSSR count). The average Bonchev–Trinajstić information content (AvgIpc) is 2.71. The summed E-state index contributed by atoms with van der Waals surface area (Å²) in [5, 5.41) is 0. The van der Waals surface area contributed by atoms with Crippen molar-refractivity contribution in [2.45, 2.75) is 19.5 Å². The first-order valence-corrected chi connectivity index (χ1v) is 10.5. The van der Waals surface area contributed by atoms with E-state index in [9.17, 15) is 17.8 Å². The van der Waals surface area contributed by atoms with Crippen molar-refractivity contribution in [3.63, 3.8) is 0 Å². The Morgan fingerprint density at radius 2 is 1.29 bits per heavy atom. The largest absolute Gasteiger partial charge is 0.748 e. The Labute approximate surface area is 164 Å². The van der Waals surface area contributed by atoms with Crippen LogP contribution in [0.3, 0.4) is 0 Å². The SMILES string of the molecule is O=C(c1ccccc1)c1cc[n+](CC[n+]2ccc(CCS(=O)(=O)[O-])cc2)cc1. The number of aromatic nitrogens is 2. The van der Waals surface area contributed by atoms with E-state index in [0.29, 0.717) is 11.1 Å². The number of carbonyl (C=O) groups is 1. The van der Waals surface area contributed by atoms with Gasteiger partial charge in [0.1, 0.15) is 0 Å². The van der Waals surface area contributed by atoms with Crippen molar-refractivity contribution in [2.75, 3.05) is 5.75 Å². The second-order valence-corrected chi connectivity index (χ2v) is 8.00. The molecule has 0 atom stereocenters. The van der Waals surface area contributed by atoms with Crippen LogP contribution in [0.5, 0.6) is 0 Å². The van der Waals surface area contributed by atoms with Crippen LogP contribution in [-0.4, -0.2) is 24.5 Å². The van der Waals surface area contributed by atoms with E-state index in [1.807, 2.05) is 76.4 Å². The number of nitrogens with zero attached hydrogens (tertiary/aromatic N) is 2. The van der Waals surface area contributed by atoms with Gasteiger partial charge in [-0.1, -0.05) is 30.3 Å². The molecule has 0 aliphatic carbocycles. The maximum atomic E-state index is 12.4. The second kappa shape index (κ2) is 8.86. The van der Waals surface area contributed by atoms with E-state index in [4.69, 9.17) is 0 Å². The zero-order valence-electron chi connectivity index (χ0n) is 15.3. The van der Waals surface area contributed by atoms with E-state index in [2.05, 4.69) is 0 Å². The molecule has 0 spiro atoms. The van der Waals surface area contributed by atoms with Gasteiger partial charge in [-0.05, 0) is 12.0 Å². The Kier molecular flexibility index (Phi) is 6.28. The van der Waals surface area contributed by atoms with Crippen LogP contribution in [-0.2, 0) is 29.6 Å². The maximum absolute atomic E-state index is 12.4. The van der Waals surface area contributed by atoms with Crippen LogP contribution in [0, 0.1) is 0 Å². The van der Waals surface area contributed by atoms with Gasteiger partial charge in [-0.3, -0.25) is 4.79 Å². The van der Waals surface area contributed by atoms with Gasteiger partial charge < -0.3 is 4.55 Å². The van der Waals surface area contributed by atoms with Gasteiger partial charge in [0.25, 0.3) is 0 Å². The molecule has 1 aromatic carbocycles. The van der Waals surface area contributed by atoms with Gasteiger partial charge in [-0.2, -0.15) is 9.13 Å². The fourth-order valence-electron chi connectivity index (χ4n) is 2.79. The summed E-state index contributed by atoms with van der Waals surface area (Å²) in [7, 11) is -4.19. The molecule has 0 amide bonds. The lowest BCUT2D eigenvalue weighted by atomic mass is 10.0. The summed E-state index contributed by atoms with van der Waals surface area (Å²) in [5.74, 6) is -0.390. The van der Waals surface area contributed by atoms with E-state index in [1.165, 1.54) is 0 Å². The number of hydrogen-bond donors (Lipinski definition) is 0. The van der Waals surface area contributed by atoms with Crippen molar-refractivity contribution in [3.05, 3.63) is 96.1 Å². The number of carbonyl (C=O) groups excluding carboxylic acids is 1. The van der Waals surface area contributed by atoms with Gasteiger partial charge in [0.05, 0.1) is 10.1 Å². The Bertz CT molecular complexity index is 1030. The van der Waals surface area contributed by atoms with Gasteiger partial charge in [0.15, 0.2) is 30.6 Å². The molecule has 28 heavy (non-hydrogen) atoms. The lowest BCUT2D eigenvalue weighted by molar-refractivity contribution is -0.778. The predicted molar refractivity (Wildman–Crippen MR) is 101 cm³/mol. The zero-order valence-corrected chi connectivity index (χ0v) is 16.1. The van der Waals surface area contributed by atoms with Gasteiger partial charge in [-0.25, -0.2) is 8.42 Å². The van der Waals surface area contributed by atoms with Crippen LogP contribution in [0.2, 0.25) is 0 Å². The summed E-state index contributed by atoms with van der Waals surface area (Å²) in [6.45, 7) is 1.44. The fraction of sp³-hybridized carbons (Fsp3) is 0.190. The maximum Gasteiger partial charge on any atom is 0.206 e. The van der Waals surface area contributed by atoms with Gasteiger partial charge >= 0.3 is 0 Å². The van der Waals surface area contributed by atoms with Crippen LogP contribution >= 0.6 is 0 Å². The predicted octanol–water partition coefficient (Wildman–Crippen LogP) is 1.28. The van der Waals surface area contributed by atoms with E-state index in [1.54, 1.807) is 12.1 Å². The normalized spacial score (nSPS) is 11.3. The van der Waals surface area contributed by atoms with Crippen LogP contribution in [0.4, 0.5) is 0 Å². The minimum absolute atomic E-state index is 0.00203. The van der Waals surface area contributed by atoms with E-state index in [-0.39, 0.29) is 18.0 Å². The van der Waals surface area contributed by atoms with Crippen LogP contribution in [0.1, 0.15) is 21.5 Å². The summed E-state index contributed by atoms with van der Waals surface area (Å²) < 4.78 is 36.0. The molecule has 0 radical (unpaired) electrons. The first kappa shape index (κ1) is 19.9. The number of ketones is 1. The number of pyridine rings is 2. The Morgan fingerprint density at radius 1 is 0.786 bits per heavy atom. The molecule has 2 aromatic heterocycles. The molecule has 0 unspecified atom stereocenters. The number of benzene rings is 1. The third kappa shape index (κ3) is 5.80. The average molecular weight is 397 g/mol. The highest BCUT2D eigenvalue weighted by molar-refractivity contribution is 7.85. The highest BCUT2D eigenvalue weighted by Gasteiger charge is 2.12. The molecule has 0 saturated carbocycles. The quantitative estimate of drug-likeness (QED) is 0.326. The molecule has 0 N–H and O–H groups in total. The molecular formula is C21H21N2O4S+. The summed E-state index contributed by atoms with van der Waals surface area (Å²) in [5.41, 5.74) is 2.13. The molecule has 6 nitrogen and oxygen atoms in total. The number of hydrogen-bond acceptors (Lipinski definition) is 4. The first-order chi connectivity index (χ1) is 13.4. The second-order valence-electron chi connectivity index (χ2n) is 6.48. The monoisotopic (exact) mass is 397 g/mol. The molecule has 0 aliphatic heterocycles. The minimum atomic E-state index is -4.19. The smallest absolute Gasteiger partial charge is 0.206 e. The lowest BCUT2D eigenvalue weighted by Gasteiger charge is -2.05. The number of aryl methyl sites for hydroxylation is 3. The van der Waals surface area contributed by atoms with Crippen LogP contribution in [0.15, 0.2) is 79.4 Å². The van der Waals surface area contributed by atoms with Crippen molar-refractivity contribution in [2.24, 2.45) is 0 Å². The van der Waals surface area contributed by atoms with E-state index < -0.39 is 10.1 Å². The Hall–Kier alpha value is -2.90. The van der Waals surface area contributed by atoms with Gasteiger partial charge in [-0.15, -0.1) is 0 Å². The summed E-state index contributed by atoms with van der Waals surface area (Å²) >= 11 is 0. The lowest BCUT2D eigenvalue weighted by Crippen LogP contribution is -2.43. The van der Waals surface area contributed by atoms with E-state index >= 15 is 0 Å². The molecular weight excluding hydrogens is 376 g/mol. The minimum Gasteiger partial charge on any atom is -0.748 e. The standard InChI is InChI=1S/C21H21N2O4S/c24-21(19-4-2-1-3-5-19)20-8-13-23(14-9-20)16-15-22-11-6-18(7-12-22)10-17-28(25,26)27/h1-9,11-14H,10,15-17H2/q+1. The van der Waals surface area contributed by atoms with Crippen molar-refractivity contribution < 1.29 is 26.9 Å². The summed E-state index contributed by atoms with van der Waals surface area (Å²) in [6.07, 6.45) is 7.70. The fourth-order valence-corrected chi connectivity index (χ4v) is 3.28. The summed E-state index contributed by atoms with van der Waals surface area (Å²) in [6, 6.07) is 16.4. The highest BCUT2D eigenvalue weighted by atomic mass is 32.2. The third-order valence-corrected chi connectivity index (χ3v) is 5.11. The molecule has 7 heteroatoms. The molecule has 2 heterocycles. The van der Waals surface area contributed by atoms with Crippen molar-refractivity contribution in [1.82, 2.24) is 0 Å². The zero-order chi connectivity index (χ0) is 20.0. The molecule has 0 saturated heterocycles. The molecule has 3 aromatic rings. The third-order valence-electron chi connectivity index (χ3n) is 4.41. The Balaban J connectivity index is 1.55. The van der Waals surface area contributed by atoms with Crippen molar-refractivity contribution in [3.8, 4) is 0 Å². The molecule has 144 valence electrons. The number of rotatable bonds is 8. The van der Waals surface area contributed by atoms with Gasteiger partial charge in [0.2, 0.25) is 13.1 Å². The van der Waals surface area contributed by atoms with E-state index in [0.717, 1.165) is 18.7 Å². The molecule has 0 fully saturated rings. The topological polar surface area (TPSA) is 82.0 Å². The molecule has 0 aliphatic rings. The molecule has 0 bridgehead atoms. The first-order valence-electron chi connectivity index (χ1n) is 8.91. The summed E-state index contributed by atoms with van der Waals surface area (Å²) in [4.78, 5) is 12.4.